The summed E-state index contributed by atoms with van der Waals surface area (Å²) in [4.78, 5) is 40.4. The molecular weight excluding hydrogens is 500 g/mol. The van der Waals surface area contributed by atoms with Crippen molar-refractivity contribution >= 4 is 17.8 Å². The minimum absolute atomic E-state index is 0.00325. The van der Waals surface area contributed by atoms with Crippen LogP contribution in [0.2, 0.25) is 0 Å². The van der Waals surface area contributed by atoms with Gasteiger partial charge in [-0.1, -0.05) is 54.6 Å². The van der Waals surface area contributed by atoms with Gasteiger partial charge in [0.25, 0.3) is 5.91 Å². The van der Waals surface area contributed by atoms with E-state index in [1.807, 2.05) is 56.0 Å². The van der Waals surface area contributed by atoms with E-state index in [9.17, 15) is 14.4 Å². The lowest BCUT2D eigenvalue weighted by molar-refractivity contribution is -0.122. The van der Waals surface area contributed by atoms with Crippen molar-refractivity contribution in [1.82, 2.24) is 20.9 Å². The molecule has 3 N–H and O–H groups in total. The number of fused-ring (bicyclic) bond motifs is 2. The van der Waals surface area contributed by atoms with Crippen LogP contribution in [-0.2, 0) is 30.8 Å². The van der Waals surface area contributed by atoms with Crippen LogP contribution in [0, 0.1) is 5.92 Å². The molecule has 1 saturated carbocycles. The Bertz CT molecular complexity index is 1490. The number of carbonyl (C=O) groups is 3. The molecule has 0 saturated heterocycles. The van der Waals surface area contributed by atoms with Gasteiger partial charge in [-0.2, -0.15) is 0 Å². The van der Waals surface area contributed by atoms with Gasteiger partial charge in [-0.25, -0.2) is 4.79 Å². The maximum Gasteiger partial charge on any atom is 0.318 e. The lowest BCUT2D eigenvalue weighted by atomic mass is 9.85. The van der Waals surface area contributed by atoms with E-state index < -0.39 is 0 Å². The third-order valence-corrected chi connectivity index (χ3v) is 8.22. The third-order valence-electron chi connectivity index (χ3n) is 8.22. The molecule has 2 aliphatic heterocycles. The Morgan fingerprint density at radius 2 is 1.68 bits per heavy atom. The number of amides is 4. The molecule has 206 valence electrons. The van der Waals surface area contributed by atoms with Crippen molar-refractivity contribution in [3.8, 4) is 11.1 Å². The first kappa shape index (κ1) is 26.1. The van der Waals surface area contributed by atoms with E-state index in [0.29, 0.717) is 32.6 Å². The number of urea groups is 1. The van der Waals surface area contributed by atoms with Gasteiger partial charge < -0.3 is 20.9 Å². The number of benzene rings is 3. The largest absolute Gasteiger partial charge is 0.352 e. The molecule has 0 spiro atoms. The predicted molar refractivity (Wildman–Crippen MR) is 155 cm³/mol. The second kappa shape index (κ2) is 10.1. The Balaban J connectivity index is 1.28. The molecule has 6 rings (SSSR count). The van der Waals surface area contributed by atoms with E-state index in [2.05, 4.69) is 46.3 Å². The fraction of sp³-hybridized carbons (Fsp3) is 0.364. The van der Waals surface area contributed by atoms with Crippen LogP contribution in [-0.4, -0.2) is 34.8 Å². The summed E-state index contributed by atoms with van der Waals surface area (Å²) >= 11 is 0. The summed E-state index contributed by atoms with van der Waals surface area (Å²) in [5, 5.41) is 9.22. The van der Waals surface area contributed by atoms with E-state index in [-0.39, 0.29) is 35.2 Å². The van der Waals surface area contributed by atoms with Crippen molar-refractivity contribution in [2.45, 2.75) is 64.7 Å². The molecule has 1 fully saturated rings. The van der Waals surface area contributed by atoms with Gasteiger partial charge in [0.05, 0.1) is 0 Å². The Morgan fingerprint density at radius 3 is 2.45 bits per heavy atom. The summed E-state index contributed by atoms with van der Waals surface area (Å²) in [6, 6.07) is 20.2. The second-order valence-electron chi connectivity index (χ2n) is 12.2. The summed E-state index contributed by atoms with van der Waals surface area (Å²) < 4.78 is 0. The number of nitrogens with one attached hydrogen (secondary N) is 3. The molecule has 0 bridgehead atoms. The first-order chi connectivity index (χ1) is 19.2. The summed E-state index contributed by atoms with van der Waals surface area (Å²) in [5.41, 5.74) is 8.07. The minimum atomic E-state index is -0.334. The zero-order valence-electron chi connectivity index (χ0n) is 23.3. The molecule has 7 heteroatoms. The zero-order valence-corrected chi connectivity index (χ0v) is 23.3. The monoisotopic (exact) mass is 536 g/mol. The van der Waals surface area contributed by atoms with Gasteiger partial charge >= 0.3 is 6.03 Å². The molecule has 40 heavy (non-hydrogen) atoms. The van der Waals surface area contributed by atoms with Crippen LogP contribution in [0.5, 0.6) is 0 Å². The van der Waals surface area contributed by atoms with Crippen molar-refractivity contribution in [3.05, 3.63) is 94.0 Å². The first-order valence-corrected chi connectivity index (χ1v) is 14.1. The van der Waals surface area contributed by atoms with Gasteiger partial charge in [-0.05, 0) is 84.5 Å². The summed E-state index contributed by atoms with van der Waals surface area (Å²) in [6.07, 6.45) is 1.58. The molecule has 7 nitrogen and oxygen atoms in total. The summed E-state index contributed by atoms with van der Waals surface area (Å²) in [6.45, 7) is 7.95. The maximum absolute atomic E-state index is 13.1. The Morgan fingerprint density at radius 1 is 0.925 bits per heavy atom. The van der Waals surface area contributed by atoms with Gasteiger partial charge in [0.15, 0.2) is 0 Å². The van der Waals surface area contributed by atoms with Crippen LogP contribution in [0.1, 0.15) is 71.3 Å². The number of hydrogen-bond donors (Lipinski definition) is 3. The number of hydrogen-bond acceptors (Lipinski definition) is 3. The maximum atomic E-state index is 13.1. The lowest BCUT2D eigenvalue weighted by Gasteiger charge is -2.34. The molecule has 0 aromatic heterocycles. The Labute approximate surface area is 235 Å². The van der Waals surface area contributed by atoms with Crippen LogP contribution in [0.25, 0.3) is 11.1 Å². The molecule has 1 aliphatic carbocycles. The average molecular weight is 537 g/mol. The molecule has 3 aromatic carbocycles. The van der Waals surface area contributed by atoms with E-state index in [1.54, 1.807) is 0 Å². The van der Waals surface area contributed by atoms with E-state index >= 15 is 0 Å². The quantitative estimate of drug-likeness (QED) is 0.434. The highest BCUT2D eigenvalue weighted by Gasteiger charge is 2.43. The SMILES string of the molecule is CC(C)(C)NC(=O)N1CCc2c(-c3cccc4c3CNC4=O)ccc(CNC(=O)[C@H]3C[C@@H]3c3ccccc3)c2C1. The van der Waals surface area contributed by atoms with Crippen molar-refractivity contribution < 1.29 is 14.4 Å². The average Bonchev–Trinajstić information content (AvgIpc) is 3.66. The highest BCUT2D eigenvalue weighted by atomic mass is 16.2. The van der Waals surface area contributed by atoms with Gasteiger partial charge in [0, 0.05) is 43.2 Å². The molecule has 0 unspecified atom stereocenters. The summed E-state index contributed by atoms with van der Waals surface area (Å²) in [7, 11) is 0. The van der Waals surface area contributed by atoms with Crippen LogP contribution in [0.3, 0.4) is 0 Å². The van der Waals surface area contributed by atoms with Gasteiger partial charge in [0.1, 0.15) is 0 Å². The normalized spacial score (nSPS) is 19.4. The Kier molecular flexibility index (Phi) is 6.61. The molecule has 0 radical (unpaired) electrons. The molecule has 2 atom stereocenters. The fourth-order valence-corrected chi connectivity index (χ4v) is 6.10. The third kappa shape index (κ3) is 5.08. The highest BCUT2D eigenvalue weighted by Crippen LogP contribution is 2.47. The van der Waals surface area contributed by atoms with Gasteiger partial charge in [-0.15, -0.1) is 0 Å². The van der Waals surface area contributed by atoms with Gasteiger partial charge in [0.2, 0.25) is 5.91 Å². The van der Waals surface area contributed by atoms with Crippen LogP contribution in [0.4, 0.5) is 4.79 Å². The molecule has 3 aromatic rings. The highest BCUT2D eigenvalue weighted by molar-refractivity contribution is 6.00. The first-order valence-electron chi connectivity index (χ1n) is 14.1. The van der Waals surface area contributed by atoms with Crippen molar-refractivity contribution in [1.29, 1.82) is 0 Å². The van der Waals surface area contributed by atoms with E-state index in [1.165, 1.54) is 11.1 Å². The van der Waals surface area contributed by atoms with Crippen molar-refractivity contribution in [3.63, 3.8) is 0 Å². The lowest BCUT2D eigenvalue weighted by Crippen LogP contribution is -2.50. The van der Waals surface area contributed by atoms with E-state index in [0.717, 1.165) is 39.8 Å². The standard InChI is InChI=1S/C33H36N4O3/c1-33(2,3)36-32(40)37-15-14-24-23(22-10-7-11-25-28(22)18-35-30(25)38)13-12-21(29(24)19-37)17-34-31(39)27-16-26(27)20-8-5-4-6-9-20/h4-13,26-27H,14-19H2,1-3H3,(H,34,39)(H,35,38)(H,36,40)/t26-,27+/m1/s1. The fourth-order valence-electron chi connectivity index (χ4n) is 6.10. The van der Waals surface area contributed by atoms with Crippen LogP contribution >= 0.6 is 0 Å². The molecular formula is C33H36N4O3. The summed E-state index contributed by atoms with van der Waals surface area (Å²) in [5.74, 6) is 0.327. The number of nitrogens with zero attached hydrogens (tertiary/aromatic N) is 1. The smallest absolute Gasteiger partial charge is 0.318 e. The van der Waals surface area contributed by atoms with Crippen LogP contribution in [0.15, 0.2) is 60.7 Å². The number of rotatable bonds is 5. The Hall–Kier alpha value is -4.13. The van der Waals surface area contributed by atoms with Crippen molar-refractivity contribution in [2.24, 2.45) is 5.92 Å². The zero-order chi connectivity index (χ0) is 28.0. The predicted octanol–water partition coefficient (Wildman–Crippen LogP) is 4.88. The molecule has 4 amide bonds. The van der Waals surface area contributed by atoms with Crippen molar-refractivity contribution in [2.75, 3.05) is 6.54 Å². The molecule has 2 heterocycles. The molecule has 3 aliphatic rings. The topological polar surface area (TPSA) is 90.5 Å². The minimum Gasteiger partial charge on any atom is -0.352 e. The second-order valence-corrected chi connectivity index (χ2v) is 12.2. The van der Waals surface area contributed by atoms with Crippen LogP contribution < -0.4 is 16.0 Å². The van der Waals surface area contributed by atoms with E-state index in [4.69, 9.17) is 0 Å². The van der Waals surface area contributed by atoms with Gasteiger partial charge in [-0.3, -0.25) is 9.59 Å². The number of carbonyl (C=O) groups excluding carboxylic acids is 3.